The van der Waals surface area contributed by atoms with E-state index in [1.165, 1.54) is 16.7 Å². The minimum atomic E-state index is -0.148. The Morgan fingerprint density at radius 2 is 1.34 bits per heavy atom. The first kappa shape index (κ1) is 43.5. The van der Waals surface area contributed by atoms with Gasteiger partial charge in [0.2, 0.25) is 0 Å². The van der Waals surface area contributed by atoms with Gasteiger partial charge in [0.1, 0.15) is 11.6 Å². The van der Waals surface area contributed by atoms with E-state index in [4.69, 9.17) is 9.97 Å². The monoisotopic (exact) mass is 981 g/mol. The third kappa shape index (κ3) is 8.93. The molecule has 0 fully saturated rings. The summed E-state index contributed by atoms with van der Waals surface area (Å²) < 4.78 is 2.25. The Morgan fingerprint density at radius 3 is 2.03 bits per heavy atom. The summed E-state index contributed by atoms with van der Waals surface area (Å²) in [7, 11) is 0. The van der Waals surface area contributed by atoms with Gasteiger partial charge in [-0.3, -0.25) is 9.55 Å². The quantitative estimate of drug-likeness (QED) is 0.154. The molecular formula is C56H56N3OPt-. The number of fused-ring (bicyclic) bond motifs is 1. The van der Waals surface area contributed by atoms with Gasteiger partial charge in [-0.2, -0.15) is 0 Å². The van der Waals surface area contributed by atoms with Crippen LogP contribution in [-0.2, 0) is 38.3 Å². The van der Waals surface area contributed by atoms with E-state index in [1.807, 2.05) is 19.2 Å². The van der Waals surface area contributed by atoms with Gasteiger partial charge >= 0.3 is 0 Å². The molecule has 2 heterocycles. The number of aromatic nitrogens is 3. The van der Waals surface area contributed by atoms with Crippen molar-refractivity contribution < 1.29 is 26.2 Å². The maximum Gasteiger partial charge on any atom is 0.148 e. The molecule has 8 aromatic rings. The van der Waals surface area contributed by atoms with Crippen molar-refractivity contribution in [3.05, 3.63) is 167 Å². The molecule has 0 unspecified atom stereocenters. The summed E-state index contributed by atoms with van der Waals surface area (Å²) in [6.45, 7) is 22.0. The Kier molecular flexibility index (Phi) is 12.2. The van der Waals surface area contributed by atoms with Crippen LogP contribution in [0.1, 0.15) is 83.2 Å². The maximum absolute atomic E-state index is 11.8. The second-order valence-corrected chi connectivity index (χ2v) is 18.9. The van der Waals surface area contributed by atoms with Gasteiger partial charge in [-0.1, -0.05) is 151 Å². The minimum Gasteiger partial charge on any atom is -0.507 e. The predicted molar refractivity (Wildman–Crippen MR) is 252 cm³/mol. The van der Waals surface area contributed by atoms with E-state index in [9.17, 15) is 5.11 Å². The Hall–Kier alpha value is -5.57. The van der Waals surface area contributed by atoms with E-state index >= 15 is 0 Å². The number of rotatable bonds is 8. The zero-order valence-corrected chi connectivity index (χ0v) is 39.4. The molecule has 0 saturated heterocycles. The Morgan fingerprint density at radius 1 is 0.639 bits per heavy atom. The van der Waals surface area contributed by atoms with Gasteiger partial charge in [0.05, 0.1) is 22.3 Å². The molecule has 2 aromatic heterocycles. The van der Waals surface area contributed by atoms with Crippen molar-refractivity contribution in [3.8, 4) is 67.5 Å². The van der Waals surface area contributed by atoms with E-state index < -0.39 is 0 Å². The first-order chi connectivity index (χ1) is 28.5. The van der Waals surface area contributed by atoms with Crippen LogP contribution in [0.3, 0.4) is 0 Å². The Balaban J connectivity index is 0.00000561. The Labute approximate surface area is 377 Å². The normalized spacial score (nSPS) is 11.9. The number of pyridine rings is 1. The number of para-hydroxylation sites is 1. The summed E-state index contributed by atoms with van der Waals surface area (Å²) >= 11 is 0. The minimum absolute atomic E-state index is 0. The molecule has 4 nitrogen and oxygen atoms in total. The van der Waals surface area contributed by atoms with Crippen molar-refractivity contribution >= 4 is 11.0 Å². The zero-order chi connectivity index (χ0) is 42.5. The smallest absolute Gasteiger partial charge is 0.148 e. The summed E-state index contributed by atoms with van der Waals surface area (Å²) in [5.74, 6) is 1.44. The fourth-order valence-corrected chi connectivity index (χ4v) is 8.30. The predicted octanol–water partition coefficient (Wildman–Crippen LogP) is 14.7. The zero-order valence-electron chi connectivity index (χ0n) is 37.1. The molecule has 312 valence electrons. The van der Waals surface area contributed by atoms with Crippen LogP contribution < -0.4 is 0 Å². The first-order valence-electron chi connectivity index (χ1n) is 21.2. The molecule has 8 rings (SSSR count). The molecule has 0 aliphatic rings. The second kappa shape index (κ2) is 17.1. The van der Waals surface area contributed by atoms with Crippen molar-refractivity contribution in [2.24, 2.45) is 5.92 Å². The van der Waals surface area contributed by atoms with Crippen molar-refractivity contribution in [2.45, 2.75) is 86.5 Å². The third-order valence-electron chi connectivity index (χ3n) is 11.5. The van der Waals surface area contributed by atoms with Crippen LogP contribution in [0.4, 0.5) is 0 Å². The van der Waals surface area contributed by atoms with Crippen LogP contribution >= 0.6 is 0 Å². The SMILES string of the molecule is Cc1cc(C)c(O)c(-c2nc3c(-c4[c-]c(-c5cc(-c6ccc(C(C)(C)C)cc6)ccn5)cc(C(C)(C)C)c4)cccc3n2-c2ccc(CC(C)C)cc2-c2ccccc2)c1.[Pt]. The molecule has 0 aliphatic carbocycles. The molecular weight excluding hydrogens is 926 g/mol. The summed E-state index contributed by atoms with van der Waals surface area (Å²) in [6.07, 6.45) is 2.88. The van der Waals surface area contributed by atoms with Crippen LogP contribution in [0.2, 0.25) is 0 Å². The third-order valence-corrected chi connectivity index (χ3v) is 11.5. The maximum atomic E-state index is 11.8. The Bertz CT molecular complexity index is 2860. The molecule has 1 N–H and O–H groups in total. The first-order valence-corrected chi connectivity index (χ1v) is 21.2. The molecule has 61 heavy (non-hydrogen) atoms. The van der Waals surface area contributed by atoms with Crippen molar-refractivity contribution in [3.63, 3.8) is 0 Å². The van der Waals surface area contributed by atoms with Crippen molar-refractivity contribution in [1.29, 1.82) is 0 Å². The summed E-state index contributed by atoms with van der Waals surface area (Å²) in [4.78, 5) is 10.4. The average Bonchev–Trinajstić information content (AvgIpc) is 3.61. The molecule has 0 radical (unpaired) electrons. The molecule has 6 aromatic carbocycles. The molecule has 0 saturated carbocycles. The molecule has 0 spiro atoms. The number of aryl methyl sites for hydroxylation is 2. The van der Waals surface area contributed by atoms with Gasteiger partial charge < -0.3 is 5.11 Å². The largest absolute Gasteiger partial charge is 0.507 e. The van der Waals surface area contributed by atoms with E-state index in [-0.39, 0.29) is 37.6 Å². The number of imidazole rings is 1. The molecule has 0 atom stereocenters. The summed E-state index contributed by atoms with van der Waals surface area (Å²) in [5.41, 5.74) is 17.3. The van der Waals surface area contributed by atoms with Gasteiger partial charge in [-0.25, -0.2) is 4.98 Å². The van der Waals surface area contributed by atoms with Crippen LogP contribution in [0.25, 0.3) is 72.7 Å². The molecule has 0 bridgehead atoms. The van der Waals surface area contributed by atoms with E-state index in [0.717, 1.165) is 78.9 Å². The van der Waals surface area contributed by atoms with Crippen LogP contribution in [-0.4, -0.2) is 19.6 Å². The van der Waals surface area contributed by atoms with Gasteiger partial charge in [0, 0.05) is 38.5 Å². The number of benzene rings is 6. The van der Waals surface area contributed by atoms with Crippen molar-refractivity contribution in [2.75, 3.05) is 0 Å². The van der Waals surface area contributed by atoms with E-state index in [0.29, 0.717) is 17.3 Å². The van der Waals surface area contributed by atoms with E-state index in [2.05, 4.69) is 194 Å². The van der Waals surface area contributed by atoms with Gasteiger partial charge in [0.15, 0.2) is 0 Å². The van der Waals surface area contributed by atoms with Gasteiger partial charge in [-0.15, -0.1) is 29.3 Å². The number of phenolic OH excluding ortho intramolecular Hbond substituents is 1. The number of hydrogen-bond acceptors (Lipinski definition) is 3. The average molecular weight is 982 g/mol. The fourth-order valence-electron chi connectivity index (χ4n) is 8.30. The van der Waals surface area contributed by atoms with Gasteiger partial charge in [0.25, 0.3) is 0 Å². The van der Waals surface area contributed by atoms with Gasteiger partial charge in [-0.05, 0) is 106 Å². The topological polar surface area (TPSA) is 50.9 Å². The molecule has 0 aliphatic heterocycles. The van der Waals surface area contributed by atoms with Crippen LogP contribution in [0.15, 0.2) is 134 Å². The fraction of sp³-hybridized carbons (Fsp3) is 0.250. The van der Waals surface area contributed by atoms with Crippen LogP contribution in [0, 0.1) is 25.8 Å². The number of hydrogen-bond donors (Lipinski definition) is 1. The molecule has 0 amide bonds. The number of aromatic hydroxyl groups is 1. The number of nitrogens with zero attached hydrogens (tertiary/aromatic N) is 3. The van der Waals surface area contributed by atoms with Crippen LogP contribution in [0.5, 0.6) is 5.75 Å². The number of phenols is 1. The standard InChI is InChI=1S/C56H56N3O.Pt/c1-35(2)27-38-19-24-50(47(30-38)40-15-12-11-13-16-40)59-51-18-14-17-46(52(51)58-54(59)48-29-36(3)28-37(4)53(48)60)42-31-43(33-45(32-42)56(8,9)10)49-34-41(25-26-57-49)39-20-22-44(23-21-39)55(5,6)7;/h11-26,28-30,32-35,60H,27H2,1-10H3;/q-1;. The molecule has 5 heteroatoms. The van der Waals surface area contributed by atoms with E-state index in [1.54, 1.807) is 0 Å². The van der Waals surface area contributed by atoms with Crippen molar-refractivity contribution in [1.82, 2.24) is 14.5 Å². The summed E-state index contributed by atoms with van der Waals surface area (Å²) in [5, 5.41) is 11.8. The second-order valence-electron chi connectivity index (χ2n) is 18.9. The summed E-state index contributed by atoms with van der Waals surface area (Å²) in [6, 6.07) is 49.4.